The van der Waals surface area contributed by atoms with Gasteiger partial charge in [0, 0.05) is 29.6 Å². The van der Waals surface area contributed by atoms with Gasteiger partial charge in [-0.05, 0) is 42.5 Å². The Morgan fingerprint density at radius 3 is 2.61 bits per heavy atom. The highest BCUT2D eigenvalue weighted by Crippen LogP contribution is 2.51. The van der Waals surface area contributed by atoms with Crippen molar-refractivity contribution in [1.29, 1.82) is 0 Å². The van der Waals surface area contributed by atoms with Crippen LogP contribution in [-0.2, 0) is 20.9 Å². The Labute approximate surface area is 196 Å². The van der Waals surface area contributed by atoms with Gasteiger partial charge in [0.2, 0.25) is 10.0 Å². The van der Waals surface area contributed by atoms with Gasteiger partial charge in [0.1, 0.15) is 0 Å². The first-order chi connectivity index (χ1) is 15.7. The number of hydrogen-bond donors (Lipinski definition) is 2. The number of alkyl halides is 4. The summed E-state index contributed by atoms with van der Waals surface area (Å²) in [6, 6.07) is 13.2. The van der Waals surface area contributed by atoms with Gasteiger partial charge in [-0.15, -0.1) is 11.6 Å². The van der Waals surface area contributed by atoms with Gasteiger partial charge in [0.05, 0.1) is 30.1 Å². The molecular formula is C23H26ClF3N2O3S. The predicted molar refractivity (Wildman–Crippen MR) is 122 cm³/mol. The highest BCUT2D eigenvalue weighted by molar-refractivity contribution is 7.89. The lowest BCUT2D eigenvalue weighted by molar-refractivity contribution is -0.137. The van der Waals surface area contributed by atoms with Gasteiger partial charge in [0.25, 0.3) is 0 Å². The summed E-state index contributed by atoms with van der Waals surface area (Å²) in [6.07, 6.45) is -4.00. The van der Waals surface area contributed by atoms with E-state index in [1.54, 1.807) is 0 Å². The first kappa shape index (κ1) is 24.3. The molecule has 1 saturated heterocycles. The average molecular weight is 503 g/mol. The van der Waals surface area contributed by atoms with E-state index in [0.29, 0.717) is 24.1 Å². The molecule has 33 heavy (non-hydrogen) atoms. The molecule has 0 amide bonds. The second kappa shape index (κ2) is 9.82. The molecule has 0 bridgehead atoms. The summed E-state index contributed by atoms with van der Waals surface area (Å²) in [5, 5.41) is 3.41. The second-order valence-corrected chi connectivity index (χ2v) is 10.9. The lowest BCUT2D eigenvalue weighted by atomic mass is 9.74. The summed E-state index contributed by atoms with van der Waals surface area (Å²) in [5.74, 6) is -0.0364. The lowest BCUT2D eigenvalue weighted by Crippen LogP contribution is -2.42. The van der Waals surface area contributed by atoms with Crippen molar-refractivity contribution >= 4 is 27.3 Å². The maximum atomic E-state index is 13.4. The molecule has 2 aromatic carbocycles. The first-order valence-corrected chi connectivity index (χ1v) is 13.0. The van der Waals surface area contributed by atoms with Crippen LogP contribution in [0.3, 0.4) is 0 Å². The Morgan fingerprint density at radius 2 is 1.91 bits per heavy atom. The third-order valence-electron chi connectivity index (χ3n) is 6.23. The Morgan fingerprint density at radius 1 is 1.15 bits per heavy atom. The van der Waals surface area contributed by atoms with Crippen molar-refractivity contribution in [2.75, 3.05) is 30.1 Å². The molecule has 4 atom stereocenters. The number of ether oxygens (including phenoxy) is 1. The molecule has 4 unspecified atom stereocenters. The third-order valence-corrected chi connectivity index (χ3v) is 7.93. The summed E-state index contributed by atoms with van der Waals surface area (Å²) in [4.78, 5) is 0. The Balaban J connectivity index is 1.59. The molecule has 5 nitrogen and oxygen atoms in total. The topological polar surface area (TPSA) is 67.4 Å². The van der Waals surface area contributed by atoms with Gasteiger partial charge in [-0.1, -0.05) is 30.3 Å². The SMILES string of the molecule is O=S(=O)(CCCCl)NCC1COC2c3cc(C(F)(F)F)ccc3NC(c3ccccc3)C2C1. The number of rotatable bonds is 7. The van der Waals surface area contributed by atoms with Gasteiger partial charge in [0.15, 0.2) is 0 Å². The molecule has 1 fully saturated rings. The molecule has 0 spiro atoms. The van der Waals surface area contributed by atoms with Crippen molar-refractivity contribution in [1.82, 2.24) is 4.72 Å². The van der Waals surface area contributed by atoms with Gasteiger partial charge < -0.3 is 10.1 Å². The first-order valence-electron chi connectivity index (χ1n) is 10.9. The van der Waals surface area contributed by atoms with Gasteiger partial charge >= 0.3 is 6.18 Å². The Bertz CT molecular complexity index is 1070. The number of anilines is 1. The number of nitrogens with one attached hydrogen (secondary N) is 2. The van der Waals surface area contributed by atoms with Crippen LogP contribution in [0.5, 0.6) is 0 Å². The van der Waals surface area contributed by atoms with Gasteiger partial charge in [-0.3, -0.25) is 0 Å². The van der Waals surface area contributed by atoms with E-state index in [9.17, 15) is 21.6 Å². The molecule has 2 aromatic rings. The van der Waals surface area contributed by atoms with Crippen LogP contribution in [0, 0.1) is 11.8 Å². The molecule has 0 aromatic heterocycles. The Kier molecular flexibility index (Phi) is 7.23. The van der Waals surface area contributed by atoms with Crippen LogP contribution in [0.2, 0.25) is 0 Å². The number of fused-ring (bicyclic) bond motifs is 3. The van der Waals surface area contributed by atoms with Crippen molar-refractivity contribution in [3.05, 3.63) is 65.2 Å². The molecule has 0 aliphatic carbocycles. The van der Waals surface area contributed by atoms with E-state index < -0.39 is 27.9 Å². The van der Waals surface area contributed by atoms with Crippen molar-refractivity contribution in [3.63, 3.8) is 0 Å². The summed E-state index contributed by atoms with van der Waals surface area (Å²) in [5.41, 5.74) is 1.41. The monoisotopic (exact) mass is 502 g/mol. The van der Waals surface area contributed by atoms with Crippen LogP contribution in [-0.4, -0.2) is 33.2 Å². The molecule has 0 saturated carbocycles. The van der Waals surface area contributed by atoms with E-state index in [1.807, 2.05) is 30.3 Å². The normalized spacial score (nSPS) is 25.1. The fourth-order valence-electron chi connectivity index (χ4n) is 4.65. The molecule has 180 valence electrons. The van der Waals surface area contributed by atoms with Crippen LogP contribution in [0.15, 0.2) is 48.5 Å². The zero-order valence-corrected chi connectivity index (χ0v) is 19.4. The maximum absolute atomic E-state index is 13.4. The molecule has 0 radical (unpaired) electrons. The average Bonchev–Trinajstić information content (AvgIpc) is 2.80. The standard InChI is InChI=1S/C23H26ClF3N2O3S/c24-9-4-10-33(30,31)28-13-15-11-19-21(16-5-2-1-3-6-16)29-20-8-7-17(23(25,26)27)12-18(20)22(19)32-14-15/h1-3,5-8,12,15,19,21-22,28-29H,4,9-11,13-14H2. The van der Waals surface area contributed by atoms with Gasteiger partial charge in [-0.2, -0.15) is 13.2 Å². The van der Waals surface area contributed by atoms with E-state index in [0.717, 1.165) is 17.7 Å². The summed E-state index contributed by atoms with van der Waals surface area (Å²) in [7, 11) is -3.44. The smallest absolute Gasteiger partial charge is 0.378 e. The predicted octanol–water partition coefficient (Wildman–Crippen LogP) is 5.11. The molecule has 2 heterocycles. The highest BCUT2D eigenvalue weighted by atomic mass is 35.5. The zero-order valence-electron chi connectivity index (χ0n) is 17.8. The maximum Gasteiger partial charge on any atom is 0.416 e. The van der Waals surface area contributed by atoms with E-state index in [1.165, 1.54) is 6.07 Å². The number of halogens is 4. The molecule has 2 N–H and O–H groups in total. The van der Waals surface area contributed by atoms with Crippen LogP contribution in [0.1, 0.15) is 41.7 Å². The molecule has 2 aliphatic heterocycles. The zero-order chi connectivity index (χ0) is 23.6. The van der Waals surface area contributed by atoms with Crippen molar-refractivity contribution in [2.24, 2.45) is 11.8 Å². The fraction of sp³-hybridized carbons (Fsp3) is 0.478. The van der Waals surface area contributed by atoms with Crippen molar-refractivity contribution in [2.45, 2.75) is 31.2 Å². The second-order valence-electron chi connectivity index (χ2n) is 8.56. The highest BCUT2D eigenvalue weighted by Gasteiger charge is 2.43. The van der Waals surface area contributed by atoms with Crippen molar-refractivity contribution < 1.29 is 26.3 Å². The van der Waals surface area contributed by atoms with E-state index >= 15 is 0 Å². The third kappa shape index (κ3) is 5.65. The minimum atomic E-state index is -4.45. The number of sulfonamides is 1. The largest absolute Gasteiger partial charge is 0.416 e. The molecule has 10 heteroatoms. The molecule has 4 rings (SSSR count). The van der Waals surface area contributed by atoms with Crippen LogP contribution < -0.4 is 10.0 Å². The minimum Gasteiger partial charge on any atom is -0.378 e. The Hall–Kier alpha value is -1.81. The van der Waals surface area contributed by atoms with Crippen LogP contribution in [0.25, 0.3) is 0 Å². The lowest BCUT2D eigenvalue weighted by Gasteiger charge is -2.45. The minimum absolute atomic E-state index is 0.0437. The van der Waals surface area contributed by atoms with E-state index in [4.69, 9.17) is 16.3 Å². The van der Waals surface area contributed by atoms with E-state index in [-0.39, 0.29) is 42.7 Å². The molecule has 2 aliphatic rings. The summed E-state index contributed by atoms with van der Waals surface area (Å²) >= 11 is 5.60. The summed E-state index contributed by atoms with van der Waals surface area (Å²) in [6.45, 7) is 0.473. The van der Waals surface area contributed by atoms with E-state index in [2.05, 4.69) is 10.0 Å². The van der Waals surface area contributed by atoms with Gasteiger partial charge in [-0.25, -0.2) is 13.1 Å². The number of benzene rings is 2. The van der Waals surface area contributed by atoms with Crippen LogP contribution >= 0.6 is 11.6 Å². The molecular weight excluding hydrogens is 477 g/mol. The summed E-state index contributed by atoms with van der Waals surface area (Å²) < 4.78 is 73.1. The quantitative estimate of drug-likeness (QED) is 0.516. The number of hydrogen-bond acceptors (Lipinski definition) is 4. The van der Waals surface area contributed by atoms with Crippen molar-refractivity contribution in [3.8, 4) is 0 Å². The fourth-order valence-corrected chi connectivity index (χ4v) is 6.10. The van der Waals surface area contributed by atoms with Crippen LogP contribution in [0.4, 0.5) is 18.9 Å².